The van der Waals surface area contributed by atoms with E-state index in [0.717, 1.165) is 28.1 Å². The summed E-state index contributed by atoms with van der Waals surface area (Å²) in [6, 6.07) is 33.3. The van der Waals surface area contributed by atoms with Crippen molar-refractivity contribution in [2.45, 2.75) is 19.1 Å². The molecule has 6 aromatic rings. The lowest BCUT2D eigenvalue weighted by molar-refractivity contribution is -0.384. The molecular formula is C37H30N6O4S. The SMILES string of the molecule is COc1ccc(-c2cc(C(=O)N3CC(c4ccc([N+](=O)[O-])cc4)SC3=Nc3ccccc3C)c3c(C)nn(-c4ccccc4)c3n2)cc1. The number of hydrogen-bond donors (Lipinski definition) is 0. The number of rotatable bonds is 7. The molecule has 10 nitrogen and oxygen atoms in total. The third kappa shape index (κ3) is 5.80. The molecule has 0 aliphatic carbocycles. The van der Waals surface area contributed by atoms with Gasteiger partial charge in [-0.05, 0) is 73.5 Å². The average Bonchev–Trinajstić information content (AvgIpc) is 3.70. The number of amides is 1. The number of carbonyl (C=O) groups is 1. The second-order valence-corrected chi connectivity index (χ2v) is 12.5. The quantitative estimate of drug-likeness (QED) is 0.126. The summed E-state index contributed by atoms with van der Waals surface area (Å²) in [7, 11) is 1.62. The van der Waals surface area contributed by atoms with Crippen molar-refractivity contribution in [3.63, 3.8) is 0 Å². The Hall–Kier alpha value is -5.81. The number of carbonyl (C=O) groups excluding carboxylic acids is 1. The summed E-state index contributed by atoms with van der Waals surface area (Å²) in [5.41, 5.74) is 6.55. The molecule has 1 fully saturated rings. The minimum absolute atomic E-state index is 0.0135. The van der Waals surface area contributed by atoms with Crippen molar-refractivity contribution in [1.29, 1.82) is 0 Å². The van der Waals surface area contributed by atoms with E-state index < -0.39 is 4.92 Å². The summed E-state index contributed by atoms with van der Waals surface area (Å²) in [4.78, 5) is 37.5. The topological polar surface area (TPSA) is 116 Å². The van der Waals surface area contributed by atoms with Crippen molar-refractivity contribution in [3.05, 3.63) is 142 Å². The number of fused-ring (bicyclic) bond motifs is 1. The van der Waals surface area contributed by atoms with Crippen LogP contribution in [-0.2, 0) is 0 Å². The van der Waals surface area contributed by atoms with Gasteiger partial charge in [-0.15, -0.1) is 0 Å². The van der Waals surface area contributed by atoms with E-state index in [1.807, 2.05) is 98.8 Å². The summed E-state index contributed by atoms with van der Waals surface area (Å²) in [6.45, 7) is 4.18. The molecule has 7 rings (SSSR count). The van der Waals surface area contributed by atoms with Gasteiger partial charge in [-0.1, -0.05) is 60.3 Å². The van der Waals surface area contributed by atoms with Gasteiger partial charge in [-0.2, -0.15) is 5.10 Å². The molecule has 1 unspecified atom stereocenters. The molecule has 3 heterocycles. The van der Waals surface area contributed by atoms with Gasteiger partial charge in [0.15, 0.2) is 10.8 Å². The number of pyridine rings is 1. The zero-order valence-corrected chi connectivity index (χ0v) is 27.2. The number of nitro groups is 1. The molecule has 2 aromatic heterocycles. The number of aromatic nitrogens is 3. The summed E-state index contributed by atoms with van der Waals surface area (Å²) in [6.07, 6.45) is 0. The largest absolute Gasteiger partial charge is 0.497 e. The van der Waals surface area contributed by atoms with Crippen molar-refractivity contribution in [1.82, 2.24) is 19.7 Å². The number of non-ortho nitro benzene ring substituents is 1. The van der Waals surface area contributed by atoms with Gasteiger partial charge in [-0.25, -0.2) is 14.7 Å². The molecular weight excluding hydrogens is 625 g/mol. The first-order valence-electron chi connectivity index (χ1n) is 15.3. The van der Waals surface area contributed by atoms with Crippen molar-refractivity contribution in [2.24, 2.45) is 4.99 Å². The van der Waals surface area contributed by atoms with Crippen LogP contribution in [0.1, 0.15) is 32.4 Å². The predicted molar refractivity (Wildman–Crippen MR) is 188 cm³/mol. The summed E-state index contributed by atoms with van der Waals surface area (Å²) >= 11 is 1.46. The highest BCUT2D eigenvalue weighted by atomic mass is 32.2. The van der Waals surface area contributed by atoms with Gasteiger partial charge in [0, 0.05) is 24.2 Å². The van der Waals surface area contributed by atoms with Gasteiger partial charge in [-0.3, -0.25) is 19.8 Å². The Morgan fingerprint density at radius 3 is 2.35 bits per heavy atom. The second kappa shape index (κ2) is 12.8. The molecule has 1 aliphatic rings. The highest BCUT2D eigenvalue weighted by Gasteiger charge is 2.36. The molecule has 48 heavy (non-hydrogen) atoms. The summed E-state index contributed by atoms with van der Waals surface area (Å²) in [5.74, 6) is 0.474. The van der Waals surface area contributed by atoms with Gasteiger partial charge in [0.25, 0.3) is 11.6 Å². The van der Waals surface area contributed by atoms with Crippen LogP contribution in [0.2, 0.25) is 0 Å². The Morgan fingerprint density at radius 1 is 0.958 bits per heavy atom. The van der Waals surface area contributed by atoms with Crippen LogP contribution in [0.3, 0.4) is 0 Å². The first-order valence-corrected chi connectivity index (χ1v) is 16.2. The van der Waals surface area contributed by atoms with Crippen LogP contribution in [0, 0.1) is 24.0 Å². The van der Waals surface area contributed by atoms with Crippen LogP contribution in [0.5, 0.6) is 5.75 Å². The fourth-order valence-corrected chi connectivity index (χ4v) is 6.97. The van der Waals surface area contributed by atoms with Crippen LogP contribution in [0.15, 0.2) is 114 Å². The molecule has 1 saturated heterocycles. The number of benzene rings is 4. The molecule has 0 radical (unpaired) electrons. The van der Waals surface area contributed by atoms with Crippen molar-refractivity contribution in [3.8, 4) is 22.7 Å². The molecule has 1 atom stereocenters. The molecule has 0 saturated carbocycles. The molecule has 11 heteroatoms. The standard InChI is InChI=1S/C37H30N6O4S/c1-23-9-7-8-12-31(23)39-37-41(22-33(48-37)26-13-17-28(18-14-26)43(45)46)36(44)30-21-32(25-15-19-29(47-3)20-16-25)38-35-34(30)24(2)40-42(35)27-10-5-4-6-11-27/h4-21,33H,22H2,1-3H3. The Labute approximate surface area is 280 Å². The Morgan fingerprint density at radius 2 is 1.67 bits per heavy atom. The maximum atomic E-state index is 14.9. The maximum Gasteiger partial charge on any atom is 0.269 e. The maximum absolute atomic E-state index is 14.9. The van der Waals surface area contributed by atoms with Crippen molar-refractivity contribution < 1.29 is 14.5 Å². The van der Waals surface area contributed by atoms with E-state index in [1.165, 1.54) is 23.9 Å². The van der Waals surface area contributed by atoms with Gasteiger partial charge in [0.05, 0.1) is 51.0 Å². The third-order valence-electron chi connectivity index (χ3n) is 8.31. The van der Waals surface area contributed by atoms with E-state index >= 15 is 0 Å². The van der Waals surface area contributed by atoms with Gasteiger partial charge < -0.3 is 4.74 Å². The summed E-state index contributed by atoms with van der Waals surface area (Å²) < 4.78 is 7.15. The molecule has 0 spiro atoms. The smallest absolute Gasteiger partial charge is 0.269 e. The molecule has 238 valence electrons. The third-order valence-corrected chi connectivity index (χ3v) is 9.54. The number of aryl methyl sites for hydroxylation is 2. The van der Waals surface area contributed by atoms with Crippen LogP contribution >= 0.6 is 11.8 Å². The monoisotopic (exact) mass is 654 g/mol. The van der Waals surface area contributed by atoms with E-state index in [9.17, 15) is 14.9 Å². The number of nitrogens with zero attached hydrogens (tertiary/aromatic N) is 6. The van der Waals surface area contributed by atoms with Crippen LogP contribution in [0.25, 0.3) is 28.0 Å². The lowest BCUT2D eigenvalue weighted by Crippen LogP contribution is -2.32. The van der Waals surface area contributed by atoms with E-state index in [-0.39, 0.29) is 16.8 Å². The van der Waals surface area contributed by atoms with Crippen molar-refractivity contribution >= 4 is 45.2 Å². The molecule has 1 aliphatic heterocycles. The highest BCUT2D eigenvalue weighted by Crippen LogP contribution is 2.42. The van der Waals surface area contributed by atoms with Gasteiger partial charge in [0.2, 0.25) is 0 Å². The fraction of sp³-hybridized carbons (Fsp3) is 0.135. The van der Waals surface area contributed by atoms with E-state index in [2.05, 4.69) is 0 Å². The molecule has 4 aromatic carbocycles. The van der Waals surface area contributed by atoms with Crippen LogP contribution in [0.4, 0.5) is 11.4 Å². The number of amidine groups is 1. The van der Waals surface area contributed by atoms with E-state index in [0.29, 0.717) is 45.4 Å². The zero-order chi connectivity index (χ0) is 33.4. The number of nitro benzene ring substituents is 1. The molecule has 0 bridgehead atoms. The number of para-hydroxylation sites is 2. The molecule has 1 amide bonds. The average molecular weight is 655 g/mol. The van der Waals surface area contributed by atoms with E-state index in [1.54, 1.807) is 28.8 Å². The van der Waals surface area contributed by atoms with Crippen molar-refractivity contribution in [2.75, 3.05) is 13.7 Å². The second-order valence-electron chi connectivity index (χ2n) is 11.4. The van der Waals surface area contributed by atoms with E-state index in [4.69, 9.17) is 19.8 Å². The Bertz CT molecular complexity index is 2200. The van der Waals surface area contributed by atoms with Gasteiger partial charge in [0.1, 0.15) is 5.75 Å². The summed E-state index contributed by atoms with van der Waals surface area (Å²) in [5, 5.41) is 17.2. The lowest BCUT2D eigenvalue weighted by atomic mass is 10.0. The zero-order valence-electron chi connectivity index (χ0n) is 26.4. The molecule has 0 N–H and O–H groups in total. The normalized spacial score (nSPS) is 15.3. The first-order chi connectivity index (χ1) is 23.3. The minimum atomic E-state index is -0.417. The highest BCUT2D eigenvalue weighted by molar-refractivity contribution is 8.14. The van der Waals surface area contributed by atoms with Crippen LogP contribution < -0.4 is 4.74 Å². The Kier molecular flexibility index (Phi) is 8.20. The number of hydrogen-bond acceptors (Lipinski definition) is 8. The van der Waals surface area contributed by atoms with Crippen LogP contribution in [-0.4, -0.2) is 49.3 Å². The first kappa shape index (κ1) is 30.8. The number of thioether (sulfide) groups is 1. The lowest BCUT2D eigenvalue weighted by Gasteiger charge is -2.18. The predicted octanol–water partition coefficient (Wildman–Crippen LogP) is 8.24. The number of aliphatic imine (C=N–C) groups is 1. The number of methoxy groups -OCH3 is 1. The minimum Gasteiger partial charge on any atom is -0.497 e. The fourth-order valence-electron chi connectivity index (χ4n) is 5.77. The number of ether oxygens (including phenoxy) is 1. The van der Waals surface area contributed by atoms with Gasteiger partial charge >= 0.3 is 0 Å². The Balaban J connectivity index is 1.38.